The van der Waals surface area contributed by atoms with Crippen molar-refractivity contribution in [3.05, 3.63) is 46.1 Å². The summed E-state index contributed by atoms with van der Waals surface area (Å²) in [5.74, 6) is -0.407. The van der Waals surface area contributed by atoms with E-state index in [1.165, 1.54) is 7.11 Å². The second-order valence-corrected chi connectivity index (χ2v) is 4.82. The van der Waals surface area contributed by atoms with E-state index in [4.69, 9.17) is 20.9 Å². The monoisotopic (exact) mass is 349 g/mol. The van der Waals surface area contributed by atoms with Gasteiger partial charge in [-0.25, -0.2) is 0 Å². The van der Waals surface area contributed by atoms with E-state index in [2.05, 4.69) is 15.5 Å². The molecule has 0 aliphatic heterocycles. The van der Waals surface area contributed by atoms with Gasteiger partial charge < -0.3 is 14.6 Å². The van der Waals surface area contributed by atoms with Crippen LogP contribution in [0.1, 0.15) is 27.6 Å². The fourth-order valence-corrected chi connectivity index (χ4v) is 1.88. The molecule has 0 unspecified atom stereocenters. The highest BCUT2D eigenvalue weighted by molar-refractivity contribution is 6.33. The van der Waals surface area contributed by atoms with Crippen LogP contribution in [-0.2, 0) is 24.1 Å². The number of ether oxygens (including phenoxy) is 1. The van der Waals surface area contributed by atoms with Crippen LogP contribution in [0.2, 0.25) is 5.02 Å². The summed E-state index contributed by atoms with van der Waals surface area (Å²) in [7, 11) is 1.45. The van der Waals surface area contributed by atoms with Gasteiger partial charge in [-0.15, -0.1) is 0 Å². The minimum absolute atomic E-state index is 0.0912. The molecule has 0 aliphatic rings. The zero-order valence-corrected chi connectivity index (χ0v) is 12.5. The Morgan fingerprint density at radius 2 is 2.17 bits per heavy atom. The molecule has 2 aromatic rings. The maximum atomic E-state index is 12.7. The normalized spacial score (nSPS) is 11.5. The maximum absolute atomic E-state index is 12.7. The molecule has 23 heavy (non-hydrogen) atoms. The predicted molar refractivity (Wildman–Crippen MR) is 72.6 cm³/mol. The van der Waals surface area contributed by atoms with Gasteiger partial charge in [0.1, 0.15) is 6.61 Å². The van der Waals surface area contributed by atoms with Crippen LogP contribution >= 0.6 is 11.6 Å². The highest BCUT2D eigenvalue weighted by Crippen LogP contribution is 2.31. The zero-order valence-electron chi connectivity index (χ0n) is 11.8. The number of nitrogens with zero attached hydrogens (tertiary/aromatic N) is 2. The van der Waals surface area contributed by atoms with Gasteiger partial charge in [0.05, 0.1) is 22.7 Å². The molecule has 1 aromatic carbocycles. The van der Waals surface area contributed by atoms with Crippen molar-refractivity contribution in [1.29, 1.82) is 0 Å². The molecule has 1 N–H and O–H groups in total. The highest BCUT2D eigenvalue weighted by atomic mass is 35.5. The zero-order chi connectivity index (χ0) is 17.0. The summed E-state index contributed by atoms with van der Waals surface area (Å²) in [5, 5.41) is 5.85. The fourth-order valence-electron chi connectivity index (χ4n) is 1.68. The van der Waals surface area contributed by atoms with Gasteiger partial charge in [-0.2, -0.15) is 18.2 Å². The Bertz CT molecular complexity index is 703. The van der Waals surface area contributed by atoms with E-state index in [1.807, 2.05) is 0 Å². The lowest BCUT2D eigenvalue weighted by Crippen LogP contribution is -2.24. The van der Waals surface area contributed by atoms with Crippen molar-refractivity contribution in [1.82, 2.24) is 15.5 Å². The average Bonchev–Trinajstić information content (AvgIpc) is 2.92. The number of hydrogen-bond donors (Lipinski definition) is 1. The molecule has 1 aromatic heterocycles. The molecule has 0 saturated heterocycles. The molecular weight excluding hydrogens is 339 g/mol. The second-order valence-electron chi connectivity index (χ2n) is 4.41. The number of rotatable bonds is 5. The number of amides is 1. The lowest BCUT2D eigenvalue weighted by molar-refractivity contribution is -0.137. The van der Waals surface area contributed by atoms with Gasteiger partial charge in [-0.3, -0.25) is 4.79 Å². The van der Waals surface area contributed by atoms with Gasteiger partial charge in [-0.1, -0.05) is 16.8 Å². The van der Waals surface area contributed by atoms with Crippen LogP contribution < -0.4 is 5.32 Å². The molecule has 1 amide bonds. The Hall–Kier alpha value is -2.13. The van der Waals surface area contributed by atoms with E-state index in [0.29, 0.717) is 6.07 Å². The van der Waals surface area contributed by atoms with E-state index < -0.39 is 17.6 Å². The number of benzene rings is 1. The number of alkyl halides is 3. The molecule has 0 radical (unpaired) electrons. The van der Waals surface area contributed by atoms with E-state index in [0.717, 1.165) is 12.1 Å². The lowest BCUT2D eigenvalue weighted by Gasteiger charge is -2.10. The summed E-state index contributed by atoms with van der Waals surface area (Å²) >= 11 is 5.77. The summed E-state index contributed by atoms with van der Waals surface area (Å²) in [6, 6.07) is 2.50. The molecule has 10 heteroatoms. The van der Waals surface area contributed by atoms with Crippen molar-refractivity contribution in [2.45, 2.75) is 19.3 Å². The number of carbonyl (C=O) groups excluding carboxylic acids is 1. The standard InChI is InChI=1S/C13H11ClF3N3O3/c1-22-6-10-19-11(23-20-10)5-18-12(21)8-4-7(13(15,16)17)2-3-9(8)14/h2-4H,5-6H2,1H3,(H,18,21). The summed E-state index contributed by atoms with van der Waals surface area (Å²) in [6.07, 6.45) is -4.57. The van der Waals surface area contributed by atoms with E-state index in [1.54, 1.807) is 0 Å². The third kappa shape index (κ3) is 4.42. The Balaban J connectivity index is 2.08. The molecule has 0 saturated carbocycles. The van der Waals surface area contributed by atoms with E-state index in [9.17, 15) is 18.0 Å². The third-order valence-corrected chi connectivity index (χ3v) is 3.05. The Morgan fingerprint density at radius 1 is 1.43 bits per heavy atom. The molecule has 0 fully saturated rings. The van der Waals surface area contributed by atoms with Crippen molar-refractivity contribution in [3.8, 4) is 0 Å². The molecule has 0 atom stereocenters. The Labute approximate surface area is 133 Å². The van der Waals surface area contributed by atoms with Crippen molar-refractivity contribution in [2.24, 2.45) is 0 Å². The molecule has 0 spiro atoms. The number of nitrogens with one attached hydrogen (secondary N) is 1. The van der Waals surface area contributed by atoms with Crippen LogP contribution in [0, 0.1) is 0 Å². The molecule has 124 valence electrons. The van der Waals surface area contributed by atoms with Crippen LogP contribution in [0.3, 0.4) is 0 Å². The van der Waals surface area contributed by atoms with Gasteiger partial charge in [0.15, 0.2) is 5.82 Å². The van der Waals surface area contributed by atoms with Crippen molar-refractivity contribution in [3.63, 3.8) is 0 Å². The largest absolute Gasteiger partial charge is 0.416 e. The first-order valence-electron chi connectivity index (χ1n) is 6.26. The first-order chi connectivity index (χ1) is 10.8. The lowest BCUT2D eigenvalue weighted by atomic mass is 10.1. The molecule has 1 heterocycles. The van der Waals surface area contributed by atoms with Crippen LogP contribution in [0.5, 0.6) is 0 Å². The van der Waals surface area contributed by atoms with Crippen LogP contribution in [0.4, 0.5) is 13.2 Å². The first-order valence-corrected chi connectivity index (χ1v) is 6.64. The highest BCUT2D eigenvalue weighted by Gasteiger charge is 2.31. The van der Waals surface area contributed by atoms with E-state index in [-0.39, 0.29) is 35.5 Å². The average molecular weight is 350 g/mol. The van der Waals surface area contributed by atoms with Gasteiger partial charge >= 0.3 is 6.18 Å². The summed E-state index contributed by atoms with van der Waals surface area (Å²) < 4.78 is 47.7. The molecule has 6 nitrogen and oxygen atoms in total. The molecule has 2 rings (SSSR count). The van der Waals surface area contributed by atoms with Crippen LogP contribution in [-0.4, -0.2) is 23.2 Å². The predicted octanol–water partition coefficient (Wildman–Crippen LogP) is 2.82. The number of hydrogen-bond acceptors (Lipinski definition) is 5. The third-order valence-electron chi connectivity index (χ3n) is 2.72. The molecule has 0 bridgehead atoms. The number of carbonyl (C=O) groups is 1. The van der Waals surface area contributed by atoms with Gasteiger partial charge in [0.25, 0.3) is 5.91 Å². The van der Waals surface area contributed by atoms with Crippen LogP contribution in [0.15, 0.2) is 22.7 Å². The van der Waals surface area contributed by atoms with Gasteiger partial charge in [0, 0.05) is 7.11 Å². The minimum Gasteiger partial charge on any atom is -0.377 e. The number of halogens is 4. The van der Waals surface area contributed by atoms with Crippen molar-refractivity contribution >= 4 is 17.5 Å². The SMILES string of the molecule is COCc1noc(CNC(=O)c2cc(C(F)(F)F)ccc2Cl)n1. The van der Waals surface area contributed by atoms with E-state index >= 15 is 0 Å². The molecule has 0 aliphatic carbocycles. The summed E-state index contributed by atoms with van der Waals surface area (Å²) in [5.41, 5.74) is -1.26. The van der Waals surface area contributed by atoms with Crippen molar-refractivity contribution < 1.29 is 27.2 Å². The van der Waals surface area contributed by atoms with Gasteiger partial charge in [0.2, 0.25) is 5.89 Å². The van der Waals surface area contributed by atoms with Gasteiger partial charge in [-0.05, 0) is 18.2 Å². The Morgan fingerprint density at radius 3 is 2.83 bits per heavy atom. The first kappa shape index (κ1) is 17.2. The minimum atomic E-state index is -4.57. The molecular formula is C13H11ClF3N3O3. The quantitative estimate of drug-likeness (QED) is 0.898. The van der Waals surface area contributed by atoms with Crippen LogP contribution in [0.25, 0.3) is 0 Å². The Kier molecular flexibility index (Phi) is 5.22. The number of aromatic nitrogens is 2. The smallest absolute Gasteiger partial charge is 0.377 e. The fraction of sp³-hybridized carbons (Fsp3) is 0.308. The summed E-state index contributed by atoms with van der Waals surface area (Å²) in [4.78, 5) is 15.9. The van der Waals surface area contributed by atoms with Crippen molar-refractivity contribution in [2.75, 3.05) is 7.11 Å². The number of methoxy groups -OCH3 is 1. The second kappa shape index (κ2) is 6.97. The summed E-state index contributed by atoms with van der Waals surface area (Å²) in [6.45, 7) is -0.0149. The topological polar surface area (TPSA) is 77.3 Å². The maximum Gasteiger partial charge on any atom is 0.416 e.